The van der Waals surface area contributed by atoms with Crippen molar-refractivity contribution in [3.8, 4) is 11.5 Å². The summed E-state index contributed by atoms with van der Waals surface area (Å²) in [7, 11) is 0. The van der Waals surface area contributed by atoms with Gasteiger partial charge >= 0.3 is 5.97 Å². The highest BCUT2D eigenvalue weighted by atomic mass is 32.2. The van der Waals surface area contributed by atoms with Crippen LogP contribution in [0.1, 0.15) is 22.3 Å². The van der Waals surface area contributed by atoms with Gasteiger partial charge in [0.05, 0.1) is 25.3 Å². The van der Waals surface area contributed by atoms with Gasteiger partial charge in [0.15, 0.2) is 18.1 Å². The highest BCUT2D eigenvalue weighted by Gasteiger charge is 2.17. The maximum Gasteiger partial charge on any atom is 0.338 e. The van der Waals surface area contributed by atoms with Crippen LogP contribution in [-0.2, 0) is 15.3 Å². The first-order valence-corrected chi connectivity index (χ1v) is 11.9. The van der Waals surface area contributed by atoms with E-state index in [4.69, 9.17) is 14.2 Å². The monoisotopic (exact) mass is 458 g/mol. The Morgan fingerprint density at radius 1 is 1.13 bits per heavy atom. The first-order chi connectivity index (χ1) is 15.2. The second-order valence-corrected chi connectivity index (χ2v) is 9.08. The molecule has 2 aromatic carbocycles. The molecule has 31 heavy (non-hydrogen) atoms. The van der Waals surface area contributed by atoms with Crippen molar-refractivity contribution in [3.05, 3.63) is 53.6 Å². The van der Waals surface area contributed by atoms with Crippen LogP contribution in [0.3, 0.4) is 0 Å². The van der Waals surface area contributed by atoms with Crippen molar-refractivity contribution in [2.24, 2.45) is 4.99 Å². The van der Waals surface area contributed by atoms with Crippen molar-refractivity contribution >= 4 is 45.5 Å². The van der Waals surface area contributed by atoms with E-state index in [0.29, 0.717) is 41.7 Å². The van der Waals surface area contributed by atoms with Gasteiger partial charge in [-0.3, -0.25) is 9.79 Å². The molecule has 1 N–H and O–H groups in total. The van der Waals surface area contributed by atoms with Crippen molar-refractivity contribution in [1.29, 1.82) is 0 Å². The first kappa shape index (κ1) is 21.6. The summed E-state index contributed by atoms with van der Waals surface area (Å²) in [6, 6.07) is 12.5. The Hall–Kier alpha value is -2.65. The second kappa shape index (κ2) is 10.6. The molecule has 0 fully saturated rings. The molecular formula is C22H22N2O5S2. The molecule has 0 atom stereocenters. The number of thioether (sulfide) groups is 2. The molecule has 2 heterocycles. The van der Waals surface area contributed by atoms with Gasteiger partial charge in [-0.2, -0.15) is 0 Å². The molecule has 0 aliphatic carbocycles. The third-order valence-corrected chi connectivity index (χ3v) is 6.81. The molecule has 0 saturated heterocycles. The molecule has 0 aromatic heterocycles. The Kier molecular flexibility index (Phi) is 7.37. The number of hydrogen-bond donors (Lipinski definition) is 1. The normalized spacial score (nSPS) is 15.0. The van der Waals surface area contributed by atoms with E-state index in [2.05, 4.69) is 10.3 Å². The Bertz CT molecular complexity index is 996. The number of anilines is 1. The van der Waals surface area contributed by atoms with Crippen LogP contribution in [0.25, 0.3) is 0 Å². The van der Waals surface area contributed by atoms with Crippen LogP contribution in [-0.4, -0.2) is 48.4 Å². The number of carbonyl (C=O) groups is 2. The average Bonchev–Trinajstić information content (AvgIpc) is 3.20. The van der Waals surface area contributed by atoms with Gasteiger partial charge in [-0.15, -0.1) is 0 Å². The summed E-state index contributed by atoms with van der Waals surface area (Å²) >= 11 is 3.34. The largest absolute Gasteiger partial charge is 0.490 e. The molecular weight excluding hydrogens is 436 g/mol. The Labute approximate surface area is 188 Å². The van der Waals surface area contributed by atoms with E-state index in [1.807, 2.05) is 12.1 Å². The molecule has 9 heteroatoms. The summed E-state index contributed by atoms with van der Waals surface area (Å²) in [6.07, 6.45) is 0.805. The zero-order valence-electron chi connectivity index (χ0n) is 16.8. The number of amides is 1. The fraction of sp³-hybridized carbons (Fsp3) is 0.318. The lowest BCUT2D eigenvalue weighted by atomic mass is 10.1. The third kappa shape index (κ3) is 5.95. The van der Waals surface area contributed by atoms with Gasteiger partial charge in [-0.25, -0.2) is 4.79 Å². The maximum atomic E-state index is 12.6. The molecule has 2 aliphatic heterocycles. The number of hydrogen-bond acceptors (Lipinski definition) is 8. The van der Waals surface area contributed by atoms with Gasteiger partial charge < -0.3 is 19.5 Å². The molecule has 0 bridgehead atoms. The summed E-state index contributed by atoms with van der Waals surface area (Å²) in [4.78, 5) is 29.3. The van der Waals surface area contributed by atoms with Crippen molar-refractivity contribution in [2.75, 3.05) is 37.4 Å². The van der Waals surface area contributed by atoms with Crippen molar-refractivity contribution in [3.63, 3.8) is 0 Å². The smallest absolute Gasteiger partial charge is 0.338 e. The second-order valence-electron chi connectivity index (χ2n) is 6.78. The molecule has 2 aliphatic rings. The lowest BCUT2D eigenvalue weighted by molar-refractivity contribution is -0.119. The molecule has 7 nitrogen and oxygen atoms in total. The molecule has 1 amide bonds. The Balaban J connectivity index is 1.31. The highest BCUT2D eigenvalue weighted by Crippen LogP contribution is 2.32. The molecule has 162 valence electrons. The minimum atomic E-state index is -0.522. The zero-order valence-corrected chi connectivity index (χ0v) is 18.4. The van der Waals surface area contributed by atoms with Crippen LogP contribution in [0.5, 0.6) is 11.5 Å². The van der Waals surface area contributed by atoms with Crippen LogP contribution < -0.4 is 14.8 Å². The van der Waals surface area contributed by atoms with Crippen LogP contribution >= 0.6 is 23.5 Å². The van der Waals surface area contributed by atoms with Crippen LogP contribution in [0.4, 0.5) is 5.69 Å². The van der Waals surface area contributed by atoms with E-state index >= 15 is 0 Å². The fourth-order valence-corrected chi connectivity index (χ4v) is 5.05. The molecule has 0 spiro atoms. The SMILES string of the molecule is O=C(COC(=O)c1ccccc1CSC1=NCCS1)Nc1ccc2c(c1)OCCCO2. The van der Waals surface area contributed by atoms with Gasteiger partial charge in [0, 0.05) is 29.7 Å². The third-order valence-electron chi connectivity index (χ3n) is 4.51. The maximum absolute atomic E-state index is 12.6. The fourth-order valence-electron chi connectivity index (χ4n) is 3.03. The molecule has 0 saturated carbocycles. The Morgan fingerprint density at radius 2 is 1.97 bits per heavy atom. The lowest BCUT2D eigenvalue weighted by Gasteiger charge is -2.11. The standard InChI is InChI=1S/C22H22N2O5S2/c25-20(24-16-6-7-18-19(12-16)28-10-3-9-27-18)13-29-21(26)17-5-2-1-4-15(17)14-31-22-23-8-11-30-22/h1-2,4-7,12H,3,8-11,13-14H2,(H,24,25). The van der Waals surface area contributed by atoms with Crippen LogP contribution in [0.15, 0.2) is 47.5 Å². The van der Waals surface area contributed by atoms with Crippen molar-refractivity contribution in [1.82, 2.24) is 0 Å². The van der Waals surface area contributed by atoms with E-state index in [-0.39, 0.29) is 6.61 Å². The topological polar surface area (TPSA) is 86.2 Å². The number of nitrogens with zero attached hydrogens (tertiary/aromatic N) is 1. The minimum absolute atomic E-state index is 0.378. The summed E-state index contributed by atoms with van der Waals surface area (Å²) in [5.74, 6) is 1.92. The quantitative estimate of drug-likeness (QED) is 0.655. The van der Waals surface area contributed by atoms with E-state index in [1.54, 1.807) is 53.9 Å². The summed E-state index contributed by atoms with van der Waals surface area (Å²) < 4.78 is 17.5. The predicted octanol–water partition coefficient (Wildman–Crippen LogP) is 3.98. The minimum Gasteiger partial charge on any atom is -0.490 e. The molecule has 0 radical (unpaired) electrons. The van der Waals surface area contributed by atoms with E-state index in [1.165, 1.54) is 0 Å². The first-order valence-electron chi connectivity index (χ1n) is 9.93. The van der Waals surface area contributed by atoms with Gasteiger partial charge in [-0.05, 0) is 23.8 Å². The van der Waals surface area contributed by atoms with Gasteiger partial charge in [0.1, 0.15) is 4.38 Å². The van der Waals surface area contributed by atoms with Gasteiger partial charge in [0.2, 0.25) is 0 Å². The number of aliphatic imine (C=N–C) groups is 1. The summed E-state index contributed by atoms with van der Waals surface area (Å²) in [6.45, 7) is 1.62. The van der Waals surface area contributed by atoms with E-state index in [9.17, 15) is 9.59 Å². The van der Waals surface area contributed by atoms with Crippen molar-refractivity contribution in [2.45, 2.75) is 12.2 Å². The highest BCUT2D eigenvalue weighted by molar-refractivity contribution is 8.38. The number of nitrogens with one attached hydrogen (secondary N) is 1. The summed E-state index contributed by atoms with van der Waals surface area (Å²) in [5, 5.41) is 2.72. The number of fused-ring (bicyclic) bond motifs is 1. The van der Waals surface area contributed by atoms with Gasteiger partial charge in [0.25, 0.3) is 5.91 Å². The summed E-state index contributed by atoms with van der Waals surface area (Å²) in [5.41, 5.74) is 1.87. The lowest BCUT2D eigenvalue weighted by Crippen LogP contribution is -2.21. The van der Waals surface area contributed by atoms with Crippen LogP contribution in [0, 0.1) is 0 Å². The zero-order chi connectivity index (χ0) is 21.5. The number of rotatable bonds is 6. The van der Waals surface area contributed by atoms with Crippen molar-refractivity contribution < 1.29 is 23.8 Å². The number of benzene rings is 2. The number of esters is 1. The molecule has 4 rings (SSSR count). The van der Waals surface area contributed by atoms with Gasteiger partial charge in [-0.1, -0.05) is 41.7 Å². The van der Waals surface area contributed by atoms with E-state index < -0.39 is 11.9 Å². The number of carbonyl (C=O) groups excluding carboxylic acids is 2. The molecule has 2 aromatic rings. The molecule has 0 unspecified atom stereocenters. The Morgan fingerprint density at radius 3 is 2.81 bits per heavy atom. The van der Waals surface area contributed by atoms with E-state index in [0.717, 1.165) is 28.7 Å². The predicted molar refractivity (Wildman–Crippen MR) is 123 cm³/mol. The average molecular weight is 459 g/mol. The number of ether oxygens (including phenoxy) is 3. The van der Waals surface area contributed by atoms with Crippen LogP contribution in [0.2, 0.25) is 0 Å².